The molecule has 0 aliphatic carbocycles. The minimum Gasteiger partial charge on any atom is -0.383 e. The summed E-state index contributed by atoms with van der Waals surface area (Å²) in [6.45, 7) is 6.56. The molecule has 1 aromatic rings. The molecule has 1 saturated heterocycles. The van der Waals surface area contributed by atoms with Gasteiger partial charge in [0.25, 0.3) is 0 Å². The van der Waals surface area contributed by atoms with Crippen LogP contribution in [0.1, 0.15) is 6.92 Å². The maximum Gasteiger partial charge on any atom is 0.241 e. The number of aliphatic imine (C=N–C) groups is 1. The van der Waals surface area contributed by atoms with E-state index in [1.807, 2.05) is 17.9 Å². The highest BCUT2D eigenvalue weighted by molar-refractivity contribution is 14.0. The van der Waals surface area contributed by atoms with Gasteiger partial charge in [-0.1, -0.05) is 12.1 Å². The molecular formula is C18H29FIN5O2. The maximum atomic E-state index is 13.9. The second-order valence-electron chi connectivity index (χ2n) is 5.94. The fourth-order valence-electron chi connectivity index (χ4n) is 2.79. The second kappa shape index (κ2) is 12.7. The zero-order valence-corrected chi connectivity index (χ0v) is 18.2. The molecule has 1 aromatic carbocycles. The van der Waals surface area contributed by atoms with E-state index in [2.05, 4.69) is 20.5 Å². The van der Waals surface area contributed by atoms with Gasteiger partial charge in [-0.15, -0.1) is 24.0 Å². The van der Waals surface area contributed by atoms with E-state index in [0.717, 1.165) is 6.54 Å². The highest BCUT2D eigenvalue weighted by Crippen LogP contribution is 2.20. The van der Waals surface area contributed by atoms with Crippen LogP contribution in [0.15, 0.2) is 29.3 Å². The fraction of sp³-hybridized carbons (Fsp3) is 0.556. The van der Waals surface area contributed by atoms with Crippen molar-refractivity contribution < 1.29 is 13.9 Å². The van der Waals surface area contributed by atoms with Crippen LogP contribution in [0.5, 0.6) is 0 Å². The smallest absolute Gasteiger partial charge is 0.241 e. The molecule has 27 heavy (non-hydrogen) atoms. The molecule has 0 spiro atoms. The molecule has 0 bridgehead atoms. The first kappa shape index (κ1) is 23.4. The molecule has 9 heteroatoms. The molecule has 0 atom stereocenters. The van der Waals surface area contributed by atoms with Crippen molar-refractivity contribution in [2.45, 2.75) is 6.92 Å². The number of carbonyl (C=O) groups excluding carboxylic acids is 1. The molecular weight excluding hydrogens is 464 g/mol. The summed E-state index contributed by atoms with van der Waals surface area (Å²) < 4.78 is 18.8. The first-order chi connectivity index (χ1) is 12.7. The van der Waals surface area contributed by atoms with Gasteiger partial charge in [0.05, 0.1) is 12.3 Å². The monoisotopic (exact) mass is 493 g/mol. The Bertz CT molecular complexity index is 609. The van der Waals surface area contributed by atoms with Crippen LogP contribution in [-0.2, 0) is 9.53 Å². The first-order valence-corrected chi connectivity index (χ1v) is 8.94. The molecule has 152 valence electrons. The Morgan fingerprint density at radius 1 is 1.22 bits per heavy atom. The number of ether oxygens (including phenoxy) is 1. The Hall–Kier alpha value is -1.62. The third-order valence-electron chi connectivity index (χ3n) is 4.11. The van der Waals surface area contributed by atoms with Crippen LogP contribution in [0.25, 0.3) is 0 Å². The number of piperazine rings is 1. The number of anilines is 1. The van der Waals surface area contributed by atoms with E-state index < -0.39 is 0 Å². The van der Waals surface area contributed by atoms with Crippen LogP contribution in [0.2, 0.25) is 0 Å². The number of hydrogen-bond acceptors (Lipinski definition) is 4. The highest BCUT2D eigenvalue weighted by Gasteiger charge is 2.21. The van der Waals surface area contributed by atoms with Crippen molar-refractivity contribution in [1.82, 2.24) is 15.5 Å². The molecule has 1 amide bonds. The van der Waals surface area contributed by atoms with Gasteiger partial charge in [0.15, 0.2) is 5.96 Å². The quantitative estimate of drug-likeness (QED) is 0.260. The topological polar surface area (TPSA) is 69.2 Å². The molecule has 0 saturated carbocycles. The number of nitrogens with one attached hydrogen (secondary N) is 2. The van der Waals surface area contributed by atoms with Gasteiger partial charge in [0.1, 0.15) is 12.4 Å². The third kappa shape index (κ3) is 7.49. The van der Waals surface area contributed by atoms with Gasteiger partial charge in [0, 0.05) is 46.4 Å². The largest absolute Gasteiger partial charge is 0.383 e. The van der Waals surface area contributed by atoms with Gasteiger partial charge < -0.3 is 25.2 Å². The predicted octanol–water partition coefficient (Wildman–Crippen LogP) is 1.29. The summed E-state index contributed by atoms with van der Waals surface area (Å²) in [4.78, 5) is 20.4. The second-order valence-corrected chi connectivity index (χ2v) is 5.94. The summed E-state index contributed by atoms with van der Waals surface area (Å²) in [7, 11) is 1.59. The normalized spacial score (nSPS) is 14.6. The molecule has 1 fully saturated rings. The van der Waals surface area contributed by atoms with E-state index >= 15 is 0 Å². The lowest BCUT2D eigenvalue weighted by Gasteiger charge is -2.37. The van der Waals surface area contributed by atoms with Gasteiger partial charge in [-0.25, -0.2) is 9.38 Å². The molecule has 2 rings (SSSR count). The van der Waals surface area contributed by atoms with E-state index in [-0.39, 0.29) is 42.2 Å². The van der Waals surface area contributed by atoms with E-state index in [1.54, 1.807) is 19.2 Å². The molecule has 0 unspecified atom stereocenters. The molecule has 1 aliphatic rings. The van der Waals surface area contributed by atoms with E-state index in [1.165, 1.54) is 6.07 Å². The standard InChI is InChI=1S/C18H28FN5O2.HI/c1-3-20-18(22-14-17(25)21-8-13-26-2)24-11-9-23(10-12-24)16-7-5-4-6-15(16)19;/h4-7H,3,8-14H2,1-2H3,(H,20,22)(H,21,25);1H. The molecule has 2 N–H and O–H groups in total. The number of carbonyl (C=O) groups is 1. The number of halogens is 2. The number of nitrogens with zero attached hydrogens (tertiary/aromatic N) is 3. The number of guanidine groups is 1. The van der Waals surface area contributed by atoms with Gasteiger partial charge in [-0.3, -0.25) is 4.79 Å². The van der Waals surface area contributed by atoms with Crippen molar-refractivity contribution in [3.05, 3.63) is 30.1 Å². The molecule has 7 nitrogen and oxygen atoms in total. The lowest BCUT2D eigenvalue weighted by atomic mass is 10.2. The summed E-state index contributed by atoms with van der Waals surface area (Å²) in [5.41, 5.74) is 0.631. The number of rotatable bonds is 7. The third-order valence-corrected chi connectivity index (χ3v) is 4.11. The molecule has 0 aromatic heterocycles. The first-order valence-electron chi connectivity index (χ1n) is 8.94. The zero-order valence-electron chi connectivity index (χ0n) is 15.9. The predicted molar refractivity (Wildman–Crippen MR) is 116 cm³/mol. The average molecular weight is 493 g/mol. The van der Waals surface area contributed by atoms with Crippen LogP contribution in [-0.4, -0.2) is 76.3 Å². The van der Waals surface area contributed by atoms with Crippen LogP contribution in [0.4, 0.5) is 10.1 Å². The van der Waals surface area contributed by atoms with Gasteiger partial charge in [-0.05, 0) is 19.1 Å². The number of amides is 1. The summed E-state index contributed by atoms with van der Waals surface area (Å²) in [5, 5.41) is 5.97. The van der Waals surface area contributed by atoms with Crippen molar-refractivity contribution in [1.29, 1.82) is 0 Å². The highest BCUT2D eigenvalue weighted by atomic mass is 127. The van der Waals surface area contributed by atoms with Crippen LogP contribution in [0.3, 0.4) is 0 Å². The molecule has 1 heterocycles. The summed E-state index contributed by atoms with van der Waals surface area (Å²) in [6.07, 6.45) is 0. The average Bonchev–Trinajstić information content (AvgIpc) is 2.66. The minimum atomic E-state index is -0.200. The maximum absolute atomic E-state index is 13.9. The SMILES string of the molecule is CCNC(=NCC(=O)NCCOC)N1CCN(c2ccccc2F)CC1.I. The number of hydrogen-bond donors (Lipinski definition) is 2. The number of benzene rings is 1. The van der Waals surface area contributed by atoms with Crippen LogP contribution >= 0.6 is 24.0 Å². The molecule has 1 aliphatic heterocycles. The summed E-state index contributed by atoms with van der Waals surface area (Å²) in [6, 6.07) is 6.82. The Morgan fingerprint density at radius 3 is 2.56 bits per heavy atom. The number of para-hydroxylation sites is 1. The zero-order chi connectivity index (χ0) is 18.8. The van der Waals surface area contributed by atoms with E-state index in [9.17, 15) is 9.18 Å². The van der Waals surface area contributed by atoms with E-state index in [4.69, 9.17) is 4.74 Å². The Morgan fingerprint density at radius 2 is 1.93 bits per heavy atom. The van der Waals surface area contributed by atoms with Crippen molar-refractivity contribution in [3.63, 3.8) is 0 Å². The van der Waals surface area contributed by atoms with Gasteiger partial charge in [-0.2, -0.15) is 0 Å². The number of methoxy groups -OCH3 is 1. The van der Waals surface area contributed by atoms with Gasteiger partial charge in [0.2, 0.25) is 5.91 Å². The van der Waals surface area contributed by atoms with Crippen molar-refractivity contribution >= 4 is 41.5 Å². The van der Waals surface area contributed by atoms with Crippen molar-refractivity contribution in [3.8, 4) is 0 Å². The Labute approximate surface area is 177 Å². The van der Waals surface area contributed by atoms with Crippen LogP contribution < -0.4 is 15.5 Å². The minimum absolute atomic E-state index is 0. The lowest BCUT2D eigenvalue weighted by molar-refractivity contribution is -0.119. The fourth-order valence-corrected chi connectivity index (χ4v) is 2.79. The summed E-state index contributed by atoms with van der Waals surface area (Å²) in [5.74, 6) is 0.374. The van der Waals surface area contributed by atoms with E-state index in [0.29, 0.717) is 51.0 Å². The Balaban J connectivity index is 0.00000364. The molecule has 0 radical (unpaired) electrons. The van der Waals surface area contributed by atoms with Gasteiger partial charge >= 0.3 is 0 Å². The lowest BCUT2D eigenvalue weighted by Crippen LogP contribution is -2.53. The van der Waals surface area contributed by atoms with Crippen molar-refractivity contribution in [2.75, 3.05) is 64.4 Å². The summed E-state index contributed by atoms with van der Waals surface area (Å²) >= 11 is 0. The van der Waals surface area contributed by atoms with Crippen LogP contribution in [0, 0.1) is 5.82 Å². The Kier molecular flexibility index (Phi) is 11.0. The van der Waals surface area contributed by atoms with Crippen molar-refractivity contribution in [2.24, 2.45) is 4.99 Å².